The van der Waals surface area contributed by atoms with E-state index in [1.807, 2.05) is 30.9 Å². The topological polar surface area (TPSA) is 32.3 Å². The predicted molar refractivity (Wildman–Crippen MR) is 88.4 cm³/mol. The zero-order valence-electron chi connectivity index (χ0n) is 12.1. The molecule has 1 aliphatic carbocycles. The van der Waals surface area contributed by atoms with E-state index in [1.54, 1.807) is 0 Å². The van der Waals surface area contributed by atoms with E-state index in [-0.39, 0.29) is 12.1 Å². The van der Waals surface area contributed by atoms with Gasteiger partial charge in [-0.15, -0.1) is 0 Å². The lowest BCUT2D eigenvalue weighted by Gasteiger charge is -2.33. The van der Waals surface area contributed by atoms with Gasteiger partial charge in [0.15, 0.2) is 0 Å². The Morgan fingerprint density at radius 3 is 2.80 bits per heavy atom. The van der Waals surface area contributed by atoms with Crippen LogP contribution < -0.4 is 5.32 Å². The zero-order chi connectivity index (χ0) is 14.4. The van der Waals surface area contributed by atoms with Crippen molar-refractivity contribution in [3.63, 3.8) is 0 Å². The second kappa shape index (κ2) is 7.69. The van der Waals surface area contributed by atoms with Crippen LogP contribution in [0.1, 0.15) is 31.2 Å². The molecule has 112 valence electrons. The molecule has 0 radical (unpaired) electrons. The molecule has 0 aliphatic heterocycles. The Hall–Kier alpha value is -0.220. The van der Waals surface area contributed by atoms with Crippen LogP contribution in [0, 0.1) is 5.92 Å². The molecule has 20 heavy (non-hydrogen) atoms. The number of likely N-dealkylation sites (N-methyl/N-ethyl adjacent to an activating group) is 1. The maximum absolute atomic E-state index is 9.67. The second-order valence-electron chi connectivity index (χ2n) is 5.62. The van der Waals surface area contributed by atoms with Crippen LogP contribution in [0.4, 0.5) is 0 Å². The fourth-order valence-corrected chi connectivity index (χ4v) is 4.33. The first kappa shape index (κ1) is 16.2. The van der Waals surface area contributed by atoms with Crippen molar-refractivity contribution >= 4 is 23.4 Å². The van der Waals surface area contributed by atoms with E-state index >= 15 is 0 Å². The van der Waals surface area contributed by atoms with Crippen LogP contribution in [0.2, 0.25) is 5.02 Å². The van der Waals surface area contributed by atoms with Gasteiger partial charge < -0.3 is 10.4 Å². The van der Waals surface area contributed by atoms with Crippen LogP contribution in [0.15, 0.2) is 24.3 Å². The molecule has 4 heteroatoms. The number of rotatable bonds is 7. The van der Waals surface area contributed by atoms with E-state index < -0.39 is 0 Å². The average molecular weight is 314 g/mol. The third-order valence-electron chi connectivity index (χ3n) is 4.53. The van der Waals surface area contributed by atoms with E-state index in [9.17, 15) is 5.11 Å². The molecule has 0 bridgehead atoms. The molecular weight excluding hydrogens is 290 g/mol. The summed E-state index contributed by atoms with van der Waals surface area (Å²) < 4.78 is 0. The molecule has 0 saturated heterocycles. The minimum atomic E-state index is -0.0270. The third-order valence-corrected chi connectivity index (χ3v) is 5.84. The van der Waals surface area contributed by atoms with Crippen molar-refractivity contribution < 1.29 is 5.11 Å². The molecular formula is C16H24ClNOS. The van der Waals surface area contributed by atoms with Gasteiger partial charge >= 0.3 is 0 Å². The smallest absolute Gasteiger partial charge is 0.0615 e. The van der Waals surface area contributed by atoms with Gasteiger partial charge in [0, 0.05) is 16.3 Å². The molecule has 0 spiro atoms. The van der Waals surface area contributed by atoms with Crippen molar-refractivity contribution in [1.82, 2.24) is 5.32 Å². The summed E-state index contributed by atoms with van der Waals surface area (Å²) in [6, 6.07) is 8.09. The molecule has 2 N–H and O–H groups in total. The van der Waals surface area contributed by atoms with Gasteiger partial charge in [0.25, 0.3) is 0 Å². The highest BCUT2D eigenvalue weighted by molar-refractivity contribution is 7.98. The number of aliphatic hydroxyl groups is 1. The van der Waals surface area contributed by atoms with Gasteiger partial charge in [0.05, 0.1) is 6.61 Å². The summed E-state index contributed by atoms with van der Waals surface area (Å²) in [7, 11) is 1.98. The van der Waals surface area contributed by atoms with Crippen LogP contribution >= 0.6 is 23.4 Å². The van der Waals surface area contributed by atoms with E-state index in [2.05, 4.69) is 17.4 Å². The van der Waals surface area contributed by atoms with Crippen molar-refractivity contribution in [1.29, 1.82) is 0 Å². The molecule has 0 heterocycles. The fraction of sp³-hybridized carbons (Fsp3) is 0.625. The summed E-state index contributed by atoms with van der Waals surface area (Å²) in [5, 5.41) is 13.8. The van der Waals surface area contributed by atoms with Crippen molar-refractivity contribution in [2.45, 2.75) is 37.0 Å². The highest BCUT2D eigenvalue weighted by atomic mass is 35.5. The van der Waals surface area contributed by atoms with Crippen molar-refractivity contribution in [3.8, 4) is 0 Å². The fourth-order valence-electron chi connectivity index (χ4n) is 3.18. The number of hydrogen-bond acceptors (Lipinski definition) is 3. The summed E-state index contributed by atoms with van der Waals surface area (Å²) in [6.45, 7) is 0.260. The number of hydrogen-bond donors (Lipinski definition) is 2. The summed E-state index contributed by atoms with van der Waals surface area (Å²) in [4.78, 5) is 0. The van der Waals surface area contributed by atoms with Crippen LogP contribution in [-0.4, -0.2) is 30.1 Å². The maximum atomic E-state index is 9.67. The number of thioether (sulfide) groups is 1. The number of aliphatic hydroxyl groups excluding tert-OH is 1. The van der Waals surface area contributed by atoms with E-state index in [4.69, 9.17) is 11.6 Å². The highest BCUT2D eigenvalue weighted by Crippen LogP contribution is 2.38. The largest absolute Gasteiger partial charge is 0.394 e. The van der Waals surface area contributed by atoms with Crippen LogP contribution in [0.3, 0.4) is 0 Å². The Balaban J connectivity index is 1.74. The van der Waals surface area contributed by atoms with Gasteiger partial charge in [-0.3, -0.25) is 0 Å². The summed E-state index contributed by atoms with van der Waals surface area (Å²) in [6.07, 6.45) is 4.75. The van der Waals surface area contributed by atoms with Gasteiger partial charge in [-0.2, -0.15) is 11.8 Å². The van der Waals surface area contributed by atoms with E-state index in [0.717, 1.165) is 22.9 Å². The average Bonchev–Trinajstić information content (AvgIpc) is 2.89. The Kier molecular flexibility index (Phi) is 6.21. The Morgan fingerprint density at radius 2 is 2.15 bits per heavy atom. The molecule has 0 aromatic heterocycles. The first-order valence-corrected chi connectivity index (χ1v) is 8.85. The van der Waals surface area contributed by atoms with Gasteiger partial charge in [0.1, 0.15) is 0 Å². The lowest BCUT2D eigenvalue weighted by molar-refractivity contribution is 0.130. The molecule has 2 atom stereocenters. The highest BCUT2D eigenvalue weighted by Gasteiger charge is 2.40. The summed E-state index contributed by atoms with van der Waals surface area (Å²) in [5.41, 5.74) is 1.30. The monoisotopic (exact) mass is 313 g/mol. The molecule has 1 aromatic rings. The van der Waals surface area contributed by atoms with Crippen molar-refractivity contribution in [3.05, 3.63) is 34.9 Å². The lowest BCUT2D eigenvalue weighted by atomic mass is 9.86. The number of benzene rings is 1. The summed E-state index contributed by atoms with van der Waals surface area (Å²) in [5.74, 6) is 2.79. The predicted octanol–water partition coefficient (Wildman–Crippen LogP) is 3.71. The standard InChI is InChI=1S/C16H24ClNOS/c1-18-16(12-19)9-2-3-14(16)8-10-20-11-13-4-6-15(17)7-5-13/h4-7,14,18-19H,2-3,8-12H2,1H3. The molecule has 1 aromatic carbocycles. The van der Waals surface area contributed by atoms with Crippen LogP contribution in [-0.2, 0) is 5.75 Å². The minimum absolute atomic E-state index is 0.0270. The first-order chi connectivity index (χ1) is 9.70. The Bertz CT molecular complexity index is 405. The van der Waals surface area contributed by atoms with E-state index in [0.29, 0.717) is 5.92 Å². The number of halogens is 1. The van der Waals surface area contributed by atoms with Crippen LogP contribution in [0.25, 0.3) is 0 Å². The SMILES string of the molecule is CNC1(CO)CCCC1CCSCc1ccc(Cl)cc1. The molecule has 1 fully saturated rings. The minimum Gasteiger partial charge on any atom is -0.394 e. The summed E-state index contributed by atoms with van der Waals surface area (Å²) >= 11 is 7.85. The van der Waals surface area contributed by atoms with E-state index in [1.165, 1.54) is 24.8 Å². The Morgan fingerprint density at radius 1 is 1.40 bits per heavy atom. The van der Waals surface area contributed by atoms with Crippen molar-refractivity contribution in [2.75, 3.05) is 19.4 Å². The van der Waals surface area contributed by atoms with Gasteiger partial charge in [-0.25, -0.2) is 0 Å². The Labute approximate surface area is 131 Å². The molecule has 1 aliphatic rings. The lowest BCUT2D eigenvalue weighted by Crippen LogP contribution is -2.49. The van der Waals surface area contributed by atoms with Crippen LogP contribution in [0.5, 0.6) is 0 Å². The number of nitrogens with one attached hydrogen (secondary N) is 1. The molecule has 2 rings (SSSR count). The molecule has 0 amide bonds. The third kappa shape index (κ3) is 3.91. The molecule has 1 saturated carbocycles. The maximum Gasteiger partial charge on any atom is 0.0615 e. The van der Waals surface area contributed by atoms with Gasteiger partial charge in [0.2, 0.25) is 0 Å². The quantitative estimate of drug-likeness (QED) is 0.753. The molecule has 2 nitrogen and oxygen atoms in total. The van der Waals surface area contributed by atoms with Crippen molar-refractivity contribution in [2.24, 2.45) is 5.92 Å². The first-order valence-electron chi connectivity index (χ1n) is 7.32. The zero-order valence-corrected chi connectivity index (χ0v) is 13.6. The normalized spacial score (nSPS) is 26.1. The van der Waals surface area contributed by atoms with Gasteiger partial charge in [-0.1, -0.05) is 30.2 Å². The second-order valence-corrected chi connectivity index (χ2v) is 7.16. The molecule has 2 unspecified atom stereocenters. The van der Waals surface area contributed by atoms with Gasteiger partial charge in [-0.05, 0) is 55.7 Å².